The first kappa shape index (κ1) is 14.6. The van der Waals surface area contributed by atoms with E-state index in [0.29, 0.717) is 6.04 Å². The largest absolute Gasteiger partial charge is 0.380 e. The van der Waals surface area contributed by atoms with E-state index in [1.165, 1.54) is 11.1 Å². The van der Waals surface area contributed by atoms with Crippen LogP contribution in [-0.2, 0) is 14.9 Å². The Morgan fingerprint density at radius 2 is 2.14 bits per heavy atom. The van der Waals surface area contributed by atoms with E-state index in [1.807, 2.05) is 6.07 Å². The first-order valence-corrected chi connectivity index (χ1v) is 8.36. The van der Waals surface area contributed by atoms with Crippen LogP contribution in [0.25, 0.3) is 0 Å². The number of methoxy groups -OCH3 is 1. The summed E-state index contributed by atoms with van der Waals surface area (Å²) in [6.07, 6.45) is 4.47. The summed E-state index contributed by atoms with van der Waals surface area (Å²) in [7, 11) is 1.77. The Balaban J connectivity index is 1.57. The summed E-state index contributed by atoms with van der Waals surface area (Å²) in [6, 6.07) is 5.83. The lowest BCUT2D eigenvalue weighted by Gasteiger charge is -2.42. The van der Waals surface area contributed by atoms with E-state index in [1.54, 1.807) is 19.2 Å². The highest BCUT2D eigenvalue weighted by atomic mass is 19.1. The third-order valence-corrected chi connectivity index (χ3v) is 5.97. The van der Waals surface area contributed by atoms with Crippen molar-refractivity contribution >= 4 is 0 Å². The molecule has 4 heteroatoms. The molecule has 2 fully saturated rings. The molecule has 22 heavy (non-hydrogen) atoms. The quantitative estimate of drug-likeness (QED) is 0.838. The summed E-state index contributed by atoms with van der Waals surface area (Å²) in [6.45, 7) is 3.94. The Kier molecular flexibility index (Phi) is 3.71. The van der Waals surface area contributed by atoms with E-state index in [2.05, 4.69) is 4.90 Å². The van der Waals surface area contributed by atoms with Crippen LogP contribution in [0.5, 0.6) is 0 Å². The Morgan fingerprint density at radius 3 is 2.82 bits per heavy atom. The van der Waals surface area contributed by atoms with E-state index in [0.717, 1.165) is 52.0 Å². The molecule has 0 amide bonds. The van der Waals surface area contributed by atoms with Crippen LogP contribution in [0, 0.1) is 5.82 Å². The summed E-state index contributed by atoms with van der Waals surface area (Å²) in [4.78, 5) is 2.57. The lowest BCUT2D eigenvalue weighted by atomic mass is 9.73. The average Bonchev–Trinajstić information content (AvgIpc) is 3.16. The van der Waals surface area contributed by atoms with Crippen molar-refractivity contribution in [3.63, 3.8) is 0 Å². The lowest BCUT2D eigenvalue weighted by molar-refractivity contribution is 0.0575. The summed E-state index contributed by atoms with van der Waals surface area (Å²) in [5.74, 6) is -0.124. The number of hydrogen-bond acceptors (Lipinski definition) is 3. The first-order valence-electron chi connectivity index (χ1n) is 8.36. The molecule has 1 aromatic carbocycles. The van der Waals surface area contributed by atoms with Gasteiger partial charge in [-0.25, -0.2) is 4.39 Å². The SMILES string of the molecule is COC1CC2(CCN(C3CCOC3)CC2)c2cc(F)ccc21. The standard InChI is InChI=1S/C18H24FNO2/c1-21-17-11-18(16-10-13(19)2-3-15(16)17)5-7-20(8-6-18)14-4-9-22-12-14/h2-3,10,14,17H,4-9,11-12H2,1H3. The van der Waals surface area contributed by atoms with Crippen LogP contribution in [0.4, 0.5) is 4.39 Å². The number of benzene rings is 1. The molecule has 3 nitrogen and oxygen atoms in total. The van der Waals surface area contributed by atoms with Crippen LogP contribution < -0.4 is 0 Å². The third-order valence-electron chi connectivity index (χ3n) is 5.97. The van der Waals surface area contributed by atoms with Gasteiger partial charge in [-0.3, -0.25) is 4.90 Å². The molecule has 0 saturated carbocycles. The fourth-order valence-electron chi connectivity index (χ4n) is 4.65. The topological polar surface area (TPSA) is 21.7 Å². The Morgan fingerprint density at radius 1 is 1.32 bits per heavy atom. The zero-order valence-corrected chi connectivity index (χ0v) is 13.2. The van der Waals surface area contributed by atoms with Crippen LogP contribution >= 0.6 is 0 Å². The van der Waals surface area contributed by atoms with Crippen molar-refractivity contribution in [1.29, 1.82) is 0 Å². The van der Waals surface area contributed by atoms with Gasteiger partial charge < -0.3 is 9.47 Å². The minimum absolute atomic E-state index is 0.105. The summed E-state index contributed by atoms with van der Waals surface area (Å²) in [5, 5.41) is 0. The van der Waals surface area contributed by atoms with Gasteiger partial charge in [0.1, 0.15) is 5.82 Å². The highest BCUT2D eigenvalue weighted by Crippen LogP contribution is 2.52. The molecule has 2 heterocycles. The highest BCUT2D eigenvalue weighted by Gasteiger charge is 2.46. The minimum Gasteiger partial charge on any atom is -0.380 e. The summed E-state index contributed by atoms with van der Waals surface area (Å²) >= 11 is 0. The fourth-order valence-corrected chi connectivity index (χ4v) is 4.65. The Hall–Kier alpha value is -0.970. The van der Waals surface area contributed by atoms with E-state index in [4.69, 9.17) is 9.47 Å². The molecule has 2 saturated heterocycles. The molecule has 0 radical (unpaired) electrons. The van der Waals surface area contributed by atoms with Crippen LogP contribution in [0.1, 0.15) is 42.9 Å². The van der Waals surface area contributed by atoms with Crippen molar-refractivity contribution in [2.75, 3.05) is 33.4 Å². The van der Waals surface area contributed by atoms with Crippen molar-refractivity contribution < 1.29 is 13.9 Å². The number of halogens is 1. The van der Waals surface area contributed by atoms with Gasteiger partial charge in [0.15, 0.2) is 0 Å². The monoisotopic (exact) mass is 305 g/mol. The minimum atomic E-state index is -0.124. The van der Waals surface area contributed by atoms with E-state index >= 15 is 0 Å². The molecule has 2 atom stereocenters. The van der Waals surface area contributed by atoms with E-state index in [9.17, 15) is 4.39 Å². The maximum absolute atomic E-state index is 13.8. The van der Waals surface area contributed by atoms with Crippen molar-refractivity contribution in [2.45, 2.75) is 43.2 Å². The van der Waals surface area contributed by atoms with Gasteiger partial charge in [0, 0.05) is 25.2 Å². The zero-order valence-electron chi connectivity index (χ0n) is 13.2. The first-order chi connectivity index (χ1) is 10.7. The number of likely N-dealkylation sites (tertiary alicyclic amines) is 1. The molecule has 2 unspecified atom stereocenters. The van der Waals surface area contributed by atoms with Gasteiger partial charge in [0.2, 0.25) is 0 Å². The van der Waals surface area contributed by atoms with Crippen LogP contribution in [-0.4, -0.2) is 44.4 Å². The maximum Gasteiger partial charge on any atom is 0.123 e. The second kappa shape index (κ2) is 5.59. The summed E-state index contributed by atoms with van der Waals surface area (Å²) in [5.41, 5.74) is 2.50. The molecular formula is C18H24FNO2. The van der Waals surface area contributed by atoms with Crippen molar-refractivity contribution in [3.05, 3.63) is 35.1 Å². The molecule has 0 bridgehead atoms. The molecule has 0 N–H and O–H groups in total. The smallest absolute Gasteiger partial charge is 0.123 e. The molecular weight excluding hydrogens is 281 g/mol. The molecule has 0 aromatic heterocycles. The summed E-state index contributed by atoms with van der Waals surface area (Å²) < 4.78 is 25.0. The molecule has 2 aliphatic heterocycles. The fraction of sp³-hybridized carbons (Fsp3) is 0.667. The van der Waals surface area contributed by atoms with Gasteiger partial charge in [-0.2, -0.15) is 0 Å². The van der Waals surface area contributed by atoms with Crippen molar-refractivity contribution in [2.24, 2.45) is 0 Å². The maximum atomic E-state index is 13.8. The number of rotatable bonds is 2. The molecule has 3 aliphatic rings. The van der Waals surface area contributed by atoms with Gasteiger partial charge in [-0.05, 0) is 62.0 Å². The van der Waals surface area contributed by atoms with Crippen molar-refractivity contribution in [3.8, 4) is 0 Å². The molecule has 120 valence electrons. The van der Waals surface area contributed by atoms with Crippen LogP contribution in [0.15, 0.2) is 18.2 Å². The number of ether oxygens (including phenoxy) is 2. The highest BCUT2D eigenvalue weighted by molar-refractivity contribution is 5.42. The number of fused-ring (bicyclic) bond motifs is 2. The third kappa shape index (κ3) is 2.29. The average molecular weight is 305 g/mol. The molecule has 1 aromatic rings. The van der Waals surface area contributed by atoms with Crippen LogP contribution in [0.2, 0.25) is 0 Å². The Bertz CT molecular complexity index is 548. The zero-order chi connectivity index (χ0) is 15.2. The predicted octanol–water partition coefficient (Wildman–Crippen LogP) is 3.04. The van der Waals surface area contributed by atoms with Crippen molar-refractivity contribution in [1.82, 2.24) is 4.90 Å². The number of piperidine rings is 1. The molecule has 4 rings (SSSR count). The lowest BCUT2D eigenvalue weighted by Crippen LogP contribution is -2.46. The molecule has 1 aliphatic carbocycles. The number of hydrogen-bond donors (Lipinski definition) is 0. The normalized spacial score (nSPS) is 30.8. The van der Waals surface area contributed by atoms with Gasteiger partial charge in [-0.15, -0.1) is 0 Å². The van der Waals surface area contributed by atoms with Gasteiger partial charge in [0.25, 0.3) is 0 Å². The van der Waals surface area contributed by atoms with Gasteiger partial charge in [-0.1, -0.05) is 6.07 Å². The number of nitrogens with zero attached hydrogens (tertiary/aromatic N) is 1. The molecule has 1 spiro atoms. The predicted molar refractivity (Wildman–Crippen MR) is 82.5 cm³/mol. The van der Waals surface area contributed by atoms with E-state index < -0.39 is 0 Å². The van der Waals surface area contributed by atoms with Gasteiger partial charge >= 0.3 is 0 Å². The second-order valence-electron chi connectivity index (χ2n) is 6.99. The second-order valence-corrected chi connectivity index (χ2v) is 6.99. The Labute approximate surface area is 131 Å². The van der Waals surface area contributed by atoms with Crippen LogP contribution in [0.3, 0.4) is 0 Å². The van der Waals surface area contributed by atoms with E-state index in [-0.39, 0.29) is 17.3 Å². The van der Waals surface area contributed by atoms with Gasteiger partial charge in [0.05, 0.1) is 12.7 Å².